The molecule has 17 heavy (non-hydrogen) atoms. The minimum absolute atomic E-state index is 0.0528. The zero-order chi connectivity index (χ0) is 12.6. The molecule has 1 aromatic carbocycles. The monoisotopic (exact) mass is 229 g/mol. The molecule has 88 valence electrons. The molecule has 2 rings (SSSR count). The molecular formula is C14H17N2O+. The number of rotatable bonds is 1. The number of anilines is 1. The number of aromatic amines is 1. The number of hydrogen-bond acceptors (Lipinski definition) is 2. The Balaban J connectivity index is 2.63. The maximum absolute atomic E-state index is 12.2. The molecule has 0 amide bonds. The standard InChI is InChI=1S/C14H16N2O/c1-14(2,3)12(17)10-8-9-6-4-5-7-11(9)16-13(10)15/h4-8H,1-3H3,(H2,15,16)/p+1. The number of nitrogens with two attached hydrogens (primary N) is 1. The molecule has 1 heterocycles. The van der Waals surface area contributed by atoms with Gasteiger partial charge < -0.3 is 0 Å². The van der Waals surface area contributed by atoms with Gasteiger partial charge in [-0.3, -0.25) is 10.5 Å². The largest absolute Gasteiger partial charge is 0.293 e. The highest BCUT2D eigenvalue weighted by atomic mass is 16.1. The number of fused-ring (bicyclic) bond motifs is 1. The quantitative estimate of drug-likeness (QED) is 0.764. The lowest BCUT2D eigenvalue weighted by molar-refractivity contribution is -0.326. The van der Waals surface area contributed by atoms with Crippen LogP contribution in [0.4, 0.5) is 5.82 Å². The lowest BCUT2D eigenvalue weighted by Gasteiger charge is -2.16. The van der Waals surface area contributed by atoms with E-state index >= 15 is 0 Å². The first kappa shape index (κ1) is 11.6. The lowest BCUT2D eigenvalue weighted by Crippen LogP contribution is -2.25. The Kier molecular flexibility index (Phi) is 2.62. The van der Waals surface area contributed by atoms with Crippen LogP contribution in [0.25, 0.3) is 10.9 Å². The number of H-pyrrole nitrogens is 1. The summed E-state index contributed by atoms with van der Waals surface area (Å²) in [6.07, 6.45) is 0. The normalized spacial score (nSPS) is 11.7. The molecule has 2 aromatic rings. The average molecular weight is 229 g/mol. The van der Waals surface area contributed by atoms with Crippen molar-refractivity contribution >= 4 is 22.5 Å². The minimum atomic E-state index is -0.426. The summed E-state index contributed by atoms with van der Waals surface area (Å²) in [7, 11) is 0. The van der Waals surface area contributed by atoms with Gasteiger partial charge in [0.25, 0.3) is 5.82 Å². The molecule has 0 fully saturated rings. The van der Waals surface area contributed by atoms with Crippen LogP contribution in [0.15, 0.2) is 30.3 Å². The molecule has 0 saturated heterocycles. The van der Waals surface area contributed by atoms with E-state index in [0.29, 0.717) is 11.4 Å². The second-order valence-electron chi connectivity index (χ2n) is 5.26. The third-order valence-corrected chi connectivity index (χ3v) is 2.75. The van der Waals surface area contributed by atoms with Crippen molar-refractivity contribution in [3.8, 4) is 0 Å². The summed E-state index contributed by atoms with van der Waals surface area (Å²) >= 11 is 0. The van der Waals surface area contributed by atoms with Gasteiger partial charge in [-0.25, -0.2) is 4.98 Å². The summed E-state index contributed by atoms with van der Waals surface area (Å²) in [5, 5.41) is 0.995. The first-order valence-electron chi connectivity index (χ1n) is 5.65. The Bertz CT molecular complexity index is 582. The van der Waals surface area contributed by atoms with Gasteiger partial charge in [0.2, 0.25) is 0 Å². The Labute approximate surface area is 101 Å². The molecule has 0 saturated carbocycles. The van der Waals surface area contributed by atoms with Gasteiger partial charge in [-0.15, -0.1) is 0 Å². The smallest absolute Gasteiger partial charge is 0.281 e. The van der Waals surface area contributed by atoms with Crippen molar-refractivity contribution in [2.45, 2.75) is 20.8 Å². The van der Waals surface area contributed by atoms with Crippen LogP contribution in [0.3, 0.4) is 0 Å². The summed E-state index contributed by atoms with van der Waals surface area (Å²) < 4.78 is 0. The zero-order valence-corrected chi connectivity index (χ0v) is 10.4. The van der Waals surface area contributed by atoms with E-state index in [9.17, 15) is 4.79 Å². The maximum atomic E-state index is 12.2. The van der Waals surface area contributed by atoms with E-state index in [1.165, 1.54) is 0 Å². The lowest BCUT2D eigenvalue weighted by atomic mass is 9.86. The molecule has 0 aliphatic heterocycles. The number of benzene rings is 1. The molecule has 3 heteroatoms. The number of aromatic nitrogens is 1. The van der Waals surface area contributed by atoms with Gasteiger partial charge in [0.1, 0.15) is 11.1 Å². The van der Waals surface area contributed by atoms with Gasteiger partial charge in [0.15, 0.2) is 5.78 Å². The number of Topliss-reactive ketones (excluding diaryl/α,β-unsaturated/α-hetero) is 1. The fraction of sp³-hybridized carbons (Fsp3) is 0.286. The number of carbonyl (C=O) groups excluding carboxylic acids is 1. The summed E-state index contributed by atoms with van der Waals surface area (Å²) in [6.45, 7) is 5.68. The number of carbonyl (C=O) groups is 1. The summed E-state index contributed by atoms with van der Waals surface area (Å²) in [5.74, 6) is 0.487. The van der Waals surface area contributed by atoms with Crippen molar-refractivity contribution in [1.29, 1.82) is 0 Å². The molecule has 1 aromatic heterocycles. The number of nitrogens with one attached hydrogen (secondary N) is 1. The van der Waals surface area contributed by atoms with Gasteiger partial charge in [0, 0.05) is 10.8 Å². The van der Waals surface area contributed by atoms with Gasteiger partial charge in [-0.1, -0.05) is 39.0 Å². The maximum Gasteiger partial charge on any atom is 0.281 e. The minimum Gasteiger partial charge on any atom is -0.293 e. The molecule has 0 aliphatic rings. The van der Waals surface area contributed by atoms with Gasteiger partial charge >= 0.3 is 0 Å². The second kappa shape index (κ2) is 3.84. The molecule has 3 nitrogen and oxygen atoms in total. The number of para-hydroxylation sites is 1. The van der Waals surface area contributed by atoms with Gasteiger partial charge in [0.05, 0.1) is 0 Å². The zero-order valence-electron chi connectivity index (χ0n) is 10.4. The van der Waals surface area contributed by atoms with Crippen LogP contribution < -0.4 is 10.7 Å². The van der Waals surface area contributed by atoms with Crippen LogP contribution >= 0.6 is 0 Å². The Morgan fingerprint density at radius 1 is 1.24 bits per heavy atom. The van der Waals surface area contributed by atoms with Gasteiger partial charge in [-0.2, -0.15) is 0 Å². The summed E-state index contributed by atoms with van der Waals surface area (Å²) in [5.41, 5.74) is 6.99. The van der Waals surface area contributed by atoms with Crippen molar-refractivity contribution in [2.24, 2.45) is 5.41 Å². The van der Waals surface area contributed by atoms with E-state index in [-0.39, 0.29) is 5.78 Å². The van der Waals surface area contributed by atoms with Crippen molar-refractivity contribution in [3.63, 3.8) is 0 Å². The summed E-state index contributed by atoms with van der Waals surface area (Å²) in [6, 6.07) is 9.64. The third kappa shape index (κ3) is 2.13. The molecular weight excluding hydrogens is 212 g/mol. The van der Waals surface area contributed by atoms with Crippen molar-refractivity contribution in [1.82, 2.24) is 0 Å². The predicted octanol–water partition coefficient (Wildman–Crippen LogP) is 2.46. The van der Waals surface area contributed by atoms with Crippen LogP contribution in [-0.4, -0.2) is 5.78 Å². The number of pyridine rings is 1. The first-order valence-corrected chi connectivity index (χ1v) is 5.65. The van der Waals surface area contributed by atoms with Crippen molar-refractivity contribution in [3.05, 3.63) is 35.9 Å². The molecule has 0 atom stereocenters. The van der Waals surface area contributed by atoms with Crippen LogP contribution in [0.2, 0.25) is 0 Å². The Morgan fingerprint density at radius 3 is 2.53 bits per heavy atom. The van der Waals surface area contributed by atoms with E-state index in [0.717, 1.165) is 10.9 Å². The highest BCUT2D eigenvalue weighted by Crippen LogP contribution is 2.24. The predicted molar refractivity (Wildman–Crippen MR) is 68.7 cm³/mol. The second-order valence-corrected chi connectivity index (χ2v) is 5.26. The van der Waals surface area contributed by atoms with E-state index in [4.69, 9.17) is 5.73 Å². The average Bonchev–Trinajstić information content (AvgIpc) is 2.26. The molecule has 0 spiro atoms. The number of nitrogen functional groups attached to an aromatic ring is 1. The van der Waals surface area contributed by atoms with Gasteiger partial charge in [-0.05, 0) is 12.1 Å². The van der Waals surface area contributed by atoms with E-state index in [1.54, 1.807) is 0 Å². The highest BCUT2D eigenvalue weighted by Gasteiger charge is 2.27. The Morgan fingerprint density at radius 2 is 1.88 bits per heavy atom. The Hall–Kier alpha value is -1.90. The number of hydrogen-bond donors (Lipinski definition) is 1. The van der Waals surface area contributed by atoms with E-state index in [2.05, 4.69) is 4.98 Å². The molecule has 0 aliphatic carbocycles. The summed E-state index contributed by atoms with van der Waals surface area (Å²) in [4.78, 5) is 15.3. The van der Waals surface area contributed by atoms with Crippen LogP contribution in [0.5, 0.6) is 0 Å². The molecule has 0 bridgehead atoms. The van der Waals surface area contributed by atoms with Crippen molar-refractivity contribution < 1.29 is 9.78 Å². The first-order chi connectivity index (χ1) is 7.89. The third-order valence-electron chi connectivity index (χ3n) is 2.75. The van der Waals surface area contributed by atoms with Crippen LogP contribution in [0.1, 0.15) is 31.1 Å². The molecule has 0 radical (unpaired) electrons. The van der Waals surface area contributed by atoms with Crippen molar-refractivity contribution in [2.75, 3.05) is 5.73 Å². The van der Waals surface area contributed by atoms with Crippen LogP contribution in [0, 0.1) is 5.41 Å². The van der Waals surface area contributed by atoms with E-state index < -0.39 is 5.41 Å². The fourth-order valence-corrected chi connectivity index (χ4v) is 1.77. The highest BCUT2D eigenvalue weighted by molar-refractivity contribution is 6.04. The van der Waals surface area contributed by atoms with E-state index in [1.807, 2.05) is 51.1 Å². The van der Waals surface area contributed by atoms with Crippen LogP contribution in [-0.2, 0) is 0 Å². The number of ketones is 1. The fourth-order valence-electron chi connectivity index (χ4n) is 1.77. The topological polar surface area (TPSA) is 57.2 Å². The SMILES string of the molecule is CC(C)(C)C(=O)c1cc2ccccc2[nH+]c1N. The molecule has 3 N–H and O–H groups in total. The molecule has 0 unspecified atom stereocenters.